The molecule has 5 nitrogen and oxygen atoms in total. The van der Waals surface area contributed by atoms with Crippen LogP contribution in [0.5, 0.6) is 0 Å². The maximum Gasteiger partial charge on any atom is 0.241 e. The molecule has 0 aromatic heterocycles. The zero-order valence-corrected chi connectivity index (χ0v) is 12.9. The van der Waals surface area contributed by atoms with Crippen molar-refractivity contribution in [3.05, 3.63) is 23.2 Å². The molecular formula is C15H22ClN3O2. The van der Waals surface area contributed by atoms with Crippen LogP contribution in [-0.2, 0) is 4.79 Å². The highest BCUT2D eigenvalue weighted by Gasteiger charge is 2.31. The van der Waals surface area contributed by atoms with Gasteiger partial charge in [0.05, 0.1) is 23.4 Å². The first-order chi connectivity index (χ1) is 10.0. The van der Waals surface area contributed by atoms with Gasteiger partial charge >= 0.3 is 0 Å². The third kappa shape index (κ3) is 3.87. The van der Waals surface area contributed by atoms with Crippen LogP contribution >= 0.6 is 11.6 Å². The molecule has 6 heteroatoms. The van der Waals surface area contributed by atoms with Crippen molar-refractivity contribution in [1.82, 2.24) is 4.90 Å². The van der Waals surface area contributed by atoms with E-state index in [2.05, 4.69) is 10.2 Å². The number of amides is 1. The van der Waals surface area contributed by atoms with Crippen LogP contribution in [0.2, 0.25) is 5.02 Å². The van der Waals surface area contributed by atoms with Crippen molar-refractivity contribution in [1.29, 1.82) is 0 Å². The Bertz CT molecular complexity index is 506. The molecule has 1 atom stereocenters. The maximum absolute atomic E-state index is 12.4. The fourth-order valence-corrected chi connectivity index (χ4v) is 2.78. The minimum absolute atomic E-state index is 0.0523. The van der Waals surface area contributed by atoms with E-state index in [1.807, 2.05) is 6.92 Å². The Kier molecular flexibility index (Phi) is 5.45. The molecule has 2 rings (SSSR count). The number of rotatable bonds is 6. The van der Waals surface area contributed by atoms with Crippen LogP contribution in [0.3, 0.4) is 0 Å². The van der Waals surface area contributed by atoms with E-state index in [4.69, 9.17) is 17.3 Å². The van der Waals surface area contributed by atoms with Gasteiger partial charge in [-0.15, -0.1) is 0 Å². The molecule has 1 aliphatic carbocycles. The van der Waals surface area contributed by atoms with Gasteiger partial charge in [0.2, 0.25) is 5.91 Å². The Morgan fingerprint density at radius 1 is 1.57 bits per heavy atom. The predicted octanol–water partition coefficient (Wildman–Crippen LogP) is 2.10. The Morgan fingerprint density at radius 2 is 2.29 bits per heavy atom. The van der Waals surface area contributed by atoms with E-state index in [1.165, 1.54) is 6.42 Å². The van der Waals surface area contributed by atoms with Crippen molar-refractivity contribution < 1.29 is 9.90 Å². The summed E-state index contributed by atoms with van der Waals surface area (Å²) in [5, 5.41) is 12.4. The van der Waals surface area contributed by atoms with Crippen LogP contribution in [0.15, 0.2) is 18.2 Å². The number of anilines is 2. The molecule has 1 aromatic rings. The number of aliphatic hydroxyl groups excluding tert-OH is 1. The third-order valence-corrected chi connectivity index (χ3v) is 4.34. The average Bonchev–Trinajstić information content (AvgIpc) is 2.38. The third-order valence-electron chi connectivity index (χ3n) is 4.03. The van der Waals surface area contributed by atoms with Gasteiger partial charge in [0.1, 0.15) is 0 Å². The molecule has 1 amide bonds. The van der Waals surface area contributed by atoms with Crippen molar-refractivity contribution in [2.24, 2.45) is 0 Å². The molecule has 0 aliphatic heterocycles. The van der Waals surface area contributed by atoms with Crippen LogP contribution in [0.25, 0.3) is 0 Å². The SMILES string of the molecule is CC(C(=O)Nc1ccc(N)cc1Cl)N(CCO)C1CCC1. The van der Waals surface area contributed by atoms with Crippen molar-refractivity contribution in [3.8, 4) is 0 Å². The van der Waals surface area contributed by atoms with Gasteiger partial charge in [-0.2, -0.15) is 0 Å². The van der Waals surface area contributed by atoms with Gasteiger partial charge in [-0.25, -0.2) is 0 Å². The van der Waals surface area contributed by atoms with Crippen molar-refractivity contribution in [2.75, 3.05) is 24.2 Å². The summed E-state index contributed by atoms with van der Waals surface area (Å²) >= 11 is 6.07. The number of hydrogen-bond donors (Lipinski definition) is 3. The monoisotopic (exact) mass is 311 g/mol. The van der Waals surface area contributed by atoms with Gasteiger partial charge < -0.3 is 16.2 Å². The Hall–Kier alpha value is -1.30. The predicted molar refractivity (Wildman–Crippen MR) is 85.4 cm³/mol. The molecule has 1 fully saturated rings. The van der Waals surface area contributed by atoms with E-state index in [9.17, 15) is 9.90 Å². The smallest absolute Gasteiger partial charge is 0.241 e. The molecule has 1 unspecified atom stereocenters. The first kappa shape index (κ1) is 16.1. The molecule has 0 spiro atoms. The fraction of sp³-hybridized carbons (Fsp3) is 0.533. The number of nitrogens with two attached hydrogens (primary N) is 1. The molecule has 1 aromatic carbocycles. The molecule has 0 saturated heterocycles. The highest BCUT2D eigenvalue weighted by atomic mass is 35.5. The number of halogens is 1. The van der Waals surface area contributed by atoms with Gasteiger partial charge in [-0.05, 0) is 38.0 Å². The van der Waals surface area contributed by atoms with E-state index >= 15 is 0 Å². The van der Waals surface area contributed by atoms with E-state index in [1.54, 1.807) is 18.2 Å². The first-order valence-corrected chi connectivity index (χ1v) is 7.63. The van der Waals surface area contributed by atoms with E-state index < -0.39 is 0 Å². The zero-order valence-electron chi connectivity index (χ0n) is 12.2. The van der Waals surface area contributed by atoms with Crippen molar-refractivity contribution >= 4 is 28.9 Å². The van der Waals surface area contributed by atoms with Crippen LogP contribution in [0.1, 0.15) is 26.2 Å². The minimum Gasteiger partial charge on any atom is -0.399 e. The molecule has 4 N–H and O–H groups in total. The Labute approximate surface area is 130 Å². The Balaban J connectivity index is 2.03. The molecule has 0 bridgehead atoms. The van der Waals surface area contributed by atoms with Gasteiger partial charge in [0.15, 0.2) is 0 Å². The lowest BCUT2D eigenvalue weighted by atomic mass is 9.90. The first-order valence-electron chi connectivity index (χ1n) is 7.25. The average molecular weight is 312 g/mol. The molecule has 1 saturated carbocycles. The largest absolute Gasteiger partial charge is 0.399 e. The lowest BCUT2D eigenvalue weighted by Crippen LogP contribution is -2.51. The second-order valence-corrected chi connectivity index (χ2v) is 5.86. The van der Waals surface area contributed by atoms with E-state index in [0.717, 1.165) is 12.8 Å². The summed E-state index contributed by atoms with van der Waals surface area (Å²) in [6, 6.07) is 5.08. The number of hydrogen-bond acceptors (Lipinski definition) is 4. The summed E-state index contributed by atoms with van der Waals surface area (Å²) in [4.78, 5) is 14.4. The molecule has 0 radical (unpaired) electrons. The molecule has 116 valence electrons. The molecular weight excluding hydrogens is 290 g/mol. The van der Waals surface area contributed by atoms with Gasteiger partial charge in [-0.1, -0.05) is 18.0 Å². The number of nitrogens with one attached hydrogen (secondary N) is 1. The zero-order chi connectivity index (χ0) is 15.4. The number of carbonyl (C=O) groups excluding carboxylic acids is 1. The lowest BCUT2D eigenvalue weighted by molar-refractivity contribution is -0.122. The van der Waals surface area contributed by atoms with Crippen LogP contribution in [0.4, 0.5) is 11.4 Å². The molecule has 0 heterocycles. The van der Waals surface area contributed by atoms with Crippen molar-refractivity contribution in [3.63, 3.8) is 0 Å². The quantitative estimate of drug-likeness (QED) is 0.703. The normalized spacial score (nSPS) is 16.6. The van der Waals surface area contributed by atoms with Gasteiger partial charge in [0, 0.05) is 18.3 Å². The number of carbonyl (C=O) groups is 1. The molecule has 21 heavy (non-hydrogen) atoms. The second kappa shape index (κ2) is 7.11. The summed E-state index contributed by atoms with van der Waals surface area (Å²) in [5.74, 6) is -0.123. The van der Waals surface area contributed by atoms with Crippen LogP contribution in [-0.4, -0.2) is 41.1 Å². The summed E-state index contributed by atoms with van der Waals surface area (Å²) in [5.41, 5.74) is 6.75. The number of aliphatic hydroxyl groups is 1. The number of benzene rings is 1. The standard InChI is InChI=1S/C15H22ClN3O2/c1-10(19(7-8-20)12-3-2-4-12)15(21)18-14-6-5-11(17)9-13(14)16/h5-6,9-10,12,20H,2-4,7-8,17H2,1H3,(H,18,21). The topological polar surface area (TPSA) is 78.6 Å². The maximum atomic E-state index is 12.4. The fourth-order valence-electron chi connectivity index (χ4n) is 2.55. The lowest BCUT2D eigenvalue weighted by Gasteiger charge is -2.40. The van der Waals surface area contributed by atoms with E-state index in [-0.39, 0.29) is 18.6 Å². The van der Waals surface area contributed by atoms with Gasteiger partial charge in [-0.3, -0.25) is 9.69 Å². The minimum atomic E-state index is -0.309. The van der Waals surface area contributed by atoms with Gasteiger partial charge in [0.25, 0.3) is 0 Å². The number of nitrogens with zero attached hydrogens (tertiary/aromatic N) is 1. The molecule has 1 aliphatic rings. The highest BCUT2D eigenvalue weighted by Crippen LogP contribution is 2.28. The number of nitrogen functional groups attached to an aromatic ring is 1. The summed E-state index contributed by atoms with van der Waals surface area (Å²) < 4.78 is 0. The van der Waals surface area contributed by atoms with Crippen LogP contribution < -0.4 is 11.1 Å². The second-order valence-electron chi connectivity index (χ2n) is 5.45. The van der Waals surface area contributed by atoms with E-state index in [0.29, 0.717) is 29.0 Å². The Morgan fingerprint density at radius 3 is 2.81 bits per heavy atom. The summed E-state index contributed by atoms with van der Waals surface area (Å²) in [6.07, 6.45) is 3.35. The van der Waals surface area contributed by atoms with Crippen molar-refractivity contribution in [2.45, 2.75) is 38.3 Å². The summed E-state index contributed by atoms with van der Waals surface area (Å²) in [6.45, 7) is 2.42. The van der Waals surface area contributed by atoms with Crippen LogP contribution in [0, 0.1) is 0 Å². The highest BCUT2D eigenvalue weighted by molar-refractivity contribution is 6.34. The summed E-state index contributed by atoms with van der Waals surface area (Å²) in [7, 11) is 0.